The van der Waals surface area contributed by atoms with E-state index in [2.05, 4.69) is 27.9 Å². The van der Waals surface area contributed by atoms with Crippen LogP contribution in [0.4, 0.5) is 0 Å². The Morgan fingerprint density at radius 3 is 3.05 bits per heavy atom. The fourth-order valence-electron chi connectivity index (χ4n) is 2.73. The first kappa shape index (κ1) is 13.7. The third-order valence-electron chi connectivity index (χ3n) is 3.70. The van der Waals surface area contributed by atoms with Gasteiger partial charge in [0.1, 0.15) is 0 Å². The maximum absolute atomic E-state index is 11.8. The molecule has 110 valence electrons. The van der Waals surface area contributed by atoms with E-state index in [1.165, 1.54) is 0 Å². The third kappa shape index (κ3) is 3.07. The molecule has 1 aromatic rings. The summed E-state index contributed by atoms with van der Waals surface area (Å²) < 4.78 is 1.78. The van der Waals surface area contributed by atoms with Crippen molar-refractivity contribution in [3.05, 3.63) is 47.1 Å². The lowest BCUT2D eigenvalue weighted by Crippen LogP contribution is -2.27. The normalized spacial score (nSPS) is 22.5. The average Bonchev–Trinajstić information content (AvgIpc) is 2.77. The van der Waals surface area contributed by atoms with Crippen molar-refractivity contribution < 1.29 is 4.79 Å². The Kier molecular flexibility index (Phi) is 3.64. The predicted octanol–water partition coefficient (Wildman–Crippen LogP) is 1.86. The summed E-state index contributed by atoms with van der Waals surface area (Å²) >= 11 is 0. The van der Waals surface area contributed by atoms with Gasteiger partial charge in [-0.3, -0.25) is 9.48 Å². The van der Waals surface area contributed by atoms with E-state index in [4.69, 9.17) is 0 Å². The monoisotopic (exact) mass is 284 g/mol. The highest BCUT2D eigenvalue weighted by molar-refractivity contribution is 5.79. The minimum Gasteiger partial charge on any atom is -0.380 e. The second kappa shape index (κ2) is 5.60. The molecule has 1 aromatic heterocycles. The molecular weight excluding hydrogens is 264 g/mol. The summed E-state index contributed by atoms with van der Waals surface area (Å²) in [4.78, 5) is 11.8. The van der Waals surface area contributed by atoms with Gasteiger partial charge in [0.05, 0.1) is 11.9 Å². The highest BCUT2D eigenvalue weighted by atomic mass is 16.1. The highest BCUT2D eigenvalue weighted by Gasteiger charge is 2.23. The van der Waals surface area contributed by atoms with Gasteiger partial charge < -0.3 is 10.6 Å². The largest absolute Gasteiger partial charge is 0.380 e. The lowest BCUT2D eigenvalue weighted by atomic mass is 9.99. The van der Waals surface area contributed by atoms with Crippen molar-refractivity contribution >= 4 is 12.0 Å². The van der Waals surface area contributed by atoms with E-state index in [1.807, 2.05) is 32.4 Å². The van der Waals surface area contributed by atoms with Crippen LogP contribution in [0.3, 0.4) is 0 Å². The van der Waals surface area contributed by atoms with Gasteiger partial charge in [0.2, 0.25) is 5.91 Å². The summed E-state index contributed by atoms with van der Waals surface area (Å²) in [5.41, 5.74) is 4.27. The van der Waals surface area contributed by atoms with Crippen LogP contribution in [0.15, 0.2) is 41.5 Å². The lowest BCUT2D eigenvalue weighted by Gasteiger charge is -2.21. The zero-order valence-corrected chi connectivity index (χ0v) is 12.4. The first-order valence-electron chi connectivity index (χ1n) is 7.28. The molecule has 0 unspecified atom stereocenters. The van der Waals surface area contributed by atoms with Gasteiger partial charge in [-0.1, -0.05) is 18.2 Å². The van der Waals surface area contributed by atoms with Crippen molar-refractivity contribution in [2.45, 2.75) is 32.2 Å². The smallest absolute Gasteiger partial charge is 0.226 e. The van der Waals surface area contributed by atoms with Crippen LogP contribution in [-0.4, -0.2) is 21.7 Å². The first-order chi connectivity index (χ1) is 10.1. The quantitative estimate of drug-likeness (QED) is 0.871. The molecule has 0 saturated heterocycles. The maximum Gasteiger partial charge on any atom is 0.226 e. The van der Waals surface area contributed by atoms with E-state index in [9.17, 15) is 4.79 Å². The number of nitrogens with one attached hydrogen (secondary N) is 2. The Morgan fingerprint density at radius 2 is 2.29 bits per heavy atom. The molecule has 0 saturated carbocycles. The number of aromatic nitrogens is 2. The molecular formula is C16H20N4O. The molecule has 1 aliphatic heterocycles. The van der Waals surface area contributed by atoms with E-state index >= 15 is 0 Å². The Bertz CT molecular complexity index is 651. The van der Waals surface area contributed by atoms with Crippen LogP contribution in [0.2, 0.25) is 0 Å². The maximum atomic E-state index is 11.8. The standard InChI is InChI=1S/C16H20N4O/c1-11-8-15(21)19-14-5-3-4-13(16(14)18-11)7-6-12-9-17-20(2)10-12/h4,6-7,9-11,18H,3,5,8H2,1-2H3,(H,19,21)/b7-6+/t11-/m1/s1. The van der Waals surface area contributed by atoms with E-state index in [0.29, 0.717) is 6.42 Å². The van der Waals surface area contributed by atoms with Crippen molar-refractivity contribution in [3.63, 3.8) is 0 Å². The molecule has 0 radical (unpaired) electrons. The van der Waals surface area contributed by atoms with Crippen LogP contribution in [-0.2, 0) is 11.8 Å². The summed E-state index contributed by atoms with van der Waals surface area (Å²) in [6, 6.07) is 0.144. The Labute approximate surface area is 124 Å². The molecule has 0 bridgehead atoms. The number of aryl methyl sites for hydroxylation is 1. The molecule has 1 aliphatic carbocycles. The number of hydrogen-bond acceptors (Lipinski definition) is 3. The number of hydrogen-bond donors (Lipinski definition) is 2. The summed E-state index contributed by atoms with van der Waals surface area (Å²) in [5, 5.41) is 10.6. The second-order valence-corrected chi connectivity index (χ2v) is 5.63. The number of carbonyl (C=O) groups excluding carboxylic acids is 1. The molecule has 2 aliphatic rings. The van der Waals surface area contributed by atoms with Gasteiger partial charge in [0, 0.05) is 37.0 Å². The average molecular weight is 284 g/mol. The minimum absolute atomic E-state index is 0.0949. The van der Waals surface area contributed by atoms with Gasteiger partial charge in [-0.15, -0.1) is 0 Å². The Balaban J connectivity index is 1.86. The first-order valence-corrected chi connectivity index (χ1v) is 7.28. The second-order valence-electron chi connectivity index (χ2n) is 5.63. The number of carbonyl (C=O) groups is 1. The van der Waals surface area contributed by atoms with Crippen LogP contribution in [0.5, 0.6) is 0 Å². The fourth-order valence-corrected chi connectivity index (χ4v) is 2.73. The van der Waals surface area contributed by atoms with E-state index < -0.39 is 0 Å². The van der Waals surface area contributed by atoms with Gasteiger partial charge in [-0.05, 0) is 25.3 Å². The molecule has 5 nitrogen and oxygen atoms in total. The van der Waals surface area contributed by atoms with Crippen molar-refractivity contribution in [1.82, 2.24) is 20.4 Å². The molecule has 0 spiro atoms. The van der Waals surface area contributed by atoms with Crippen molar-refractivity contribution in [1.29, 1.82) is 0 Å². The fraction of sp³-hybridized carbons (Fsp3) is 0.375. The number of allylic oxidation sites excluding steroid dienone is 3. The topological polar surface area (TPSA) is 59.0 Å². The zero-order valence-electron chi connectivity index (χ0n) is 12.4. The Morgan fingerprint density at radius 1 is 1.43 bits per heavy atom. The van der Waals surface area contributed by atoms with Crippen LogP contribution in [0.1, 0.15) is 31.7 Å². The van der Waals surface area contributed by atoms with Gasteiger partial charge in [0.25, 0.3) is 0 Å². The third-order valence-corrected chi connectivity index (χ3v) is 3.70. The Hall–Kier alpha value is -2.30. The molecule has 21 heavy (non-hydrogen) atoms. The van der Waals surface area contributed by atoms with Crippen molar-refractivity contribution in [3.8, 4) is 0 Å². The molecule has 1 atom stereocenters. The predicted molar refractivity (Wildman–Crippen MR) is 81.9 cm³/mol. The van der Waals surface area contributed by atoms with Gasteiger partial charge in [-0.25, -0.2) is 0 Å². The SMILES string of the molecule is C[C@@H]1CC(=O)NC2=C(N1)C(/C=C/c1cnn(C)c1)=CCC2. The summed E-state index contributed by atoms with van der Waals surface area (Å²) in [6.07, 6.45) is 12.5. The highest BCUT2D eigenvalue weighted by Crippen LogP contribution is 2.26. The number of nitrogens with zero attached hydrogens (tertiary/aromatic N) is 2. The molecule has 0 aromatic carbocycles. The molecule has 0 fully saturated rings. The minimum atomic E-state index is 0.0949. The van der Waals surface area contributed by atoms with Gasteiger partial charge >= 0.3 is 0 Å². The number of rotatable bonds is 2. The van der Waals surface area contributed by atoms with E-state index in [0.717, 1.165) is 35.4 Å². The van der Waals surface area contributed by atoms with Gasteiger partial charge in [0.15, 0.2) is 0 Å². The summed E-state index contributed by atoms with van der Waals surface area (Å²) in [5.74, 6) is 0.0949. The van der Waals surface area contributed by atoms with Crippen molar-refractivity contribution in [2.75, 3.05) is 0 Å². The van der Waals surface area contributed by atoms with Crippen LogP contribution in [0, 0.1) is 0 Å². The molecule has 5 heteroatoms. The lowest BCUT2D eigenvalue weighted by molar-refractivity contribution is -0.120. The molecule has 2 heterocycles. The zero-order chi connectivity index (χ0) is 14.8. The van der Waals surface area contributed by atoms with Crippen molar-refractivity contribution in [2.24, 2.45) is 7.05 Å². The van der Waals surface area contributed by atoms with Gasteiger partial charge in [-0.2, -0.15) is 5.10 Å². The molecule has 1 amide bonds. The number of amides is 1. The van der Waals surface area contributed by atoms with E-state index in [1.54, 1.807) is 4.68 Å². The van der Waals surface area contributed by atoms with Crippen LogP contribution < -0.4 is 10.6 Å². The summed E-state index contributed by atoms with van der Waals surface area (Å²) in [7, 11) is 1.90. The molecule has 2 N–H and O–H groups in total. The molecule has 3 rings (SSSR count). The van der Waals surface area contributed by atoms with Crippen LogP contribution in [0.25, 0.3) is 6.08 Å². The van der Waals surface area contributed by atoms with E-state index in [-0.39, 0.29) is 11.9 Å². The summed E-state index contributed by atoms with van der Waals surface area (Å²) in [6.45, 7) is 2.03. The van der Waals surface area contributed by atoms with Crippen LogP contribution >= 0.6 is 0 Å².